The number of ether oxygens (including phenoxy) is 1. The fraction of sp³-hybridized carbons (Fsp3) is 0.263. The van der Waals surface area contributed by atoms with Crippen molar-refractivity contribution in [1.29, 1.82) is 0 Å². The summed E-state index contributed by atoms with van der Waals surface area (Å²) in [7, 11) is 0. The van der Waals surface area contributed by atoms with Crippen LogP contribution in [0.15, 0.2) is 48.5 Å². The first-order valence-corrected chi connectivity index (χ1v) is 7.68. The second kappa shape index (κ2) is 6.24. The first-order chi connectivity index (χ1) is 11.0. The Balaban J connectivity index is 1.68. The van der Waals surface area contributed by atoms with Crippen LogP contribution in [0.25, 0.3) is 0 Å². The Morgan fingerprint density at radius 3 is 2.17 bits per heavy atom. The largest absolute Gasteiger partial charge is 0.426 e. The van der Waals surface area contributed by atoms with Crippen LogP contribution in [0.3, 0.4) is 0 Å². The minimum atomic E-state index is -0.426. The van der Waals surface area contributed by atoms with Crippen LogP contribution in [-0.4, -0.2) is 18.4 Å². The van der Waals surface area contributed by atoms with Gasteiger partial charge in [-0.15, -0.1) is 0 Å². The van der Waals surface area contributed by atoms with E-state index in [1.165, 1.54) is 0 Å². The molecule has 1 amide bonds. The molecule has 0 saturated carbocycles. The van der Waals surface area contributed by atoms with E-state index < -0.39 is 5.92 Å². The third-order valence-electron chi connectivity index (χ3n) is 4.04. The summed E-state index contributed by atoms with van der Waals surface area (Å²) in [4.78, 5) is 26.1. The zero-order chi connectivity index (χ0) is 16.4. The summed E-state index contributed by atoms with van der Waals surface area (Å²) in [5.74, 6) is -0.302. The number of rotatable bonds is 3. The average molecular weight is 309 g/mol. The monoisotopic (exact) mass is 309 g/mol. The molecule has 3 rings (SSSR count). The van der Waals surface area contributed by atoms with E-state index >= 15 is 0 Å². The molecule has 0 unspecified atom stereocenters. The van der Waals surface area contributed by atoms with Gasteiger partial charge in [0.2, 0.25) is 5.91 Å². The van der Waals surface area contributed by atoms with Crippen molar-refractivity contribution in [2.24, 2.45) is 5.92 Å². The van der Waals surface area contributed by atoms with Crippen LogP contribution >= 0.6 is 0 Å². The molecule has 1 heterocycles. The van der Waals surface area contributed by atoms with Gasteiger partial charge in [-0.1, -0.05) is 35.4 Å². The number of esters is 1. The highest BCUT2D eigenvalue weighted by Crippen LogP contribution is 2.26. The summed E-state index contributed by atoms with van der Waals surface area (Å²) in [6.07, 6.45) is 0.193. The summed E-state index contributed by atoms with van der Waals surface area (Å²) >= 11 is 0. The highest BCUT2D eigenvalue weighted by Gasteiger charge is 2.36. The number of amides is 1. The molecule has 2 aromatic carbocycles. The number of hydrogen-bond donors (Lipinski definition) is 0. The van der Waals surface area contributed by atoms with Gasteiger partial charge in [-0.05, 0) is 38.1 Å². The topological polar surface area (TPSA) is 46.6 Å². The molecule has 1 atom stereocenters. The van der Waals surface area contributed by atoms with Gasteiger partial charge in [0.1, 0.15) is 5.75 Å². The fourth-order valence-electron chi connectivity index (χ4n) is 2.65. The lowest BCUT2D eigenvalue weighted by Gasteiger charge is -2.16. The molecule has 1 aliphatic rings. The molecule has 1 saturated heterocycles. The van der Waals surface area contributed by atoms with Crippen LogP contribution in [0, 0.1) is 19.8 Å². The van der Waals surface area contributed by atoms with E-state index in [9.17, 15) is 9.59 Å². The quantitative estimate of drug-likeness (QED) is 0.646. The van der Waals surface area contributed by atoms with E-state index in [0.29, 0.717) is 12.3 Å². The second-order valence-electron chi connectivity index (χ2n) is 5.98. The first-order valence-electron chi connectivity index (χ1n) is 7.68. The SMILES string of the molecule is Cc1ccc(OC(=O)[C@H]2CC(=O)N(c3ccc(C)cc3)C2)cc1. The van der Waals surface area contributed by atoms with Gasteiger partial charge >= 0.3 is 5.97 Å². The summed E-state index contributed by atoms with van der Waals surface area (Å²) < 4.78 is 5.39. The van der Waals surface area contributed by atoms with Gasteiger partial charge in [0.25, 0.3) is 0 Å². The molecule has 0 aromatic heterocycles. The lowest BCUT2D eigenvalue weighted by molar-refractivity contribution is -0.139. The molecular formula is C19H19NO3. The Hall–Kier alpha value is -2.62. The van der Waals surface area contributed by atoms with Crippen molar-refractivity contribution in [3.8, 4) is 5.75 Å². The number of anilines is 1. The summed E-state index contributed by atoms with van der Waals surface area (Å²) in [5.41, 5.74) is 3.06. The van der Waals surface area contributed by atoms with Crippen molar-refractivity contribution in [2.75, 3.05) is 11.4 Å². The van der Waals surface area contributed by atoms with Crippen LogP contribution in [0.4, 0.5) is 5.69 Å². The van der Waals surface area contributed by atoms with Gasteiger partial charge in [-0.2, -0.15) is 0 Å². The Labute approximate surface area is 135 Å². The Morgan fingerprint density at radius 2 is 1.57 bits per heavy atom. The van der Waals surface area contributed by atoms with Crippen molar-refractivity contribution < 1.29 is 14.3 Å². The molecule has 0 aliphatic carbocycles. The molecule has 0 radical (unpaired) electrons. The van der Waals surface area contributed by atoms with E-state index in [-0.39, 0.29) is 18.3 Å². The van der Waals surface area contributed by atoms with Crippen molar-refractivity contribution in [3.63, 3.8) is 0 Å². The molecule has 23 heavy (non-hydrogen) atoms. The molecule has 2 aromatic rings. The maximum Gasteiger partial charge on any atom is 0.316 e. The predicted molar refractivity (Wildman–Crippen MR) is 88.5 cm³/mol. The van der Waals surface area contributed by atoms with Gasteiger partial charge in [-0.3, -0.25) is 9.59 Å². The zero-order valence-corrected chi connectivity index (χ0v) is 13.3. The van der Waals surface area contributed by atoms with Crippen LogP contribution in [0.2, 0.25) is 0 Å². The van der Waals surface area contributed by atoms with Crippen molar-refractivity contribution in [1.82, 2.24) is 0 Å². The molecule has 1 aliphatic heterocycles. The van der Waals surface area contributed by atoms with Crippen LogP contribution in [0.1, 0.15) is 17.5 Å². The maximum absolute atomic E-state index is 12.3. The summed E-state index contributed by atoms with van der Waals surface area (Å²) in [6.45, 7) is 4.34. The number of hydrogen-bond acceptors (Lipinski definition) is 3. The third kappa shape index (κ3) is 3.42. The van der Waals surface area contributed by atoms with E-state index in [0.717, 1.165) is 16.8 Å². The fourth-order valence-corrected chi connectivity index (χ4v) is 2.65. The molecule has 0 spiro atoms. The van der Waals surface area contributed by atoms with Crippen molar-refractivity contribution in [2.45, 2.75) is 20.3 Å². The van der Waals surface area contributed by atoms with E-state index in [1.807, 2.05) is 50.2 Å². The van der Waals surface area contributed by atoms with Gasteiger partial charge in [0.05, 0.1) is 5.92 Å². The standard InChI is InChI=1S/C19H19NO3/c1-13-3-7-16(8-4-13)20-12-15(11-18(20)21)19(22)23-17-9-5-14(2)6-10-17/h3-10,15H,11-12H2,1-2H3/t15-/m0/s1. The lowest BCUT2D eigenvalue weighted by Crippen LogP contribution is -2.27. The zero-order valence-electron chi connectivity index (χ0n) is 13.3. The smallest absolute Gasteiger partial charge is 0.316 e. The number of nitrogens with zero attached hydrogens (tertiary/aromatic N) is 1. The highest BCUT2D eigenvalue weighted by atomic mass is 16.5. The number of carbonyl (C=O) groups excluding carboxylic acids is 2. The van der Waals surface area contributed by atoms with Crippen molar-refractivity contribution in [3.05, 3.63) is 59.7 Å². The minimum absolute atomic E-state index is 0.0419. The normalized spacial score (nSPS) is 17.4. The average Bonchev–Trinajstić information content (AvgIpc) is 2.92. The van der Waals surface area contributed by atoms with Crippen molar-refractivity contribution >= 4 is 17.6 Å². The van der Waals surface area contributed by atoms with Gasteiger partial charge < -0.3 is 9.64 Å². The molecule has 1 fully saturated rings. The molecule has 0 N–H and O–H groups in total. The van der Waals surface area contributed by atoms with Crippen LogP contribution < -0.4 is 9.64 Å². The van der Waals surface area contributed by atoms with E-state index in [1.54, 1.807) is 17.0 Å². The highest BCUT2D eigenvalue weighted by molar-refractivity contribution is 5.99. The summed E-state index contributed by atoms with van der Waals surface area (Å²) in [5, 5.41) is 0. The minimum Gasteiger partial charge on any atom is -0.426 e. The molecule has 4 heteroatoms. The van der Waals surface area contributed by atoms with E-state index in [2.05, 4.69) is 0 Å². The molecule has 118 valence electrons. The van der Waals surface area contributed by atoms with Gasteiger partial charge in [0.15, 0.2) is 0 Å². The van der Waals surface area contributed by atoms with E-state index in [4.69, 9.17) is 4.74 Å². The van der Waals surface area contributed by atoms with Gasteiger partial charge in [-0.25, -0.2) is 0 Å². The van der Waals surface area contributed by atoms with Crippen LogP contribution in [-0.2, 0) is 9.59 Å². The number of carbonyl (C=O) groups is 2. The first kappa shape index (κ1) is 15.3. The Kier molecular flexibility index (Phi) is 4.15. The molecular weight excluding hydrogens is 290 g/mol. The summed E-state index contributed by atoms with van der Waals surface area (Å²) in [6, 6.07) is 15.0. The molecule has 4 nitrogen and oxygen atoms in total. The Bertz CT molecular complexity index is 719. The number of benzene rings is 2. The number of aryl methyl sites for hydroxylation is 2. The Morgan fingerprint density at radius 1 is 1.00 bits per heavy atom. The maximum atomic E-state index is 12.3. The van der Waals surface area contributed by atoms with Gasteiger partial charge in [0, 0.05) is 18.7 Å². The lowest BCUT2D eigenvalue weighted by atomic mass is 10.1. The predicted octanol–water partition coefficient (Wildman–Crippen LogP) is 3.26. The molecule has 0 bridgehead atoms. The third-order valence-corrected chi connectivity index (χ3v) is 4.04. The second-order valence-corrected chi connectivity index (χ2v) is 5.98. The van der Waals surface area contributed by atoms with Crippen LogP contribution in [0.5, 0.6) is 5.75 Å².